The molecule has 0 aliphatic carbocycles. The predicted molar refractivity (Wildman–Crippen MR) is 51.5 cm³/mol. The molecule has 0 bridgehead atoms. The molecule has 0 aliphatic heterocycles. The van der Waals surface area contributed by atoms with Crippen LogP contribution in [-0.4, -0.2) is 6.04 Å². The molecule has 2 N–H and O–H groups in total. The predicted octanol–water partition coefficient (Wildman–Crippen LogP) is 2.72. The van der Waals surface area contributed by atoms with Gasteiger partial charge in [-0.05, 0) is 25.2 Å². The number of allylic oxidation sites excluding steroid dienone is 2. The molecular weight excluding hydrogens is 134 g/mol. The molecule has 0 aliphatic rings. The van der Waals surface area contributed by atoms with Gasteiger partial charge in [-0.1, -0.05) is 32.9 Å². The molecule has 1 heteroatoms. The van der Waals surface area contributed by atoms with Gasteiger partial charge in [0.05, 0.1) is 0 Å². The lowest BCUT2D eigenvalue weighted by Gasteiger charge is -2.11. The minimum Gasteiger partial charge on any atom is -0.328 e. The van der Waals surface area contributed by atoms with Crippen molar-refractivity contribution < 1.29 is 0 Å². The van der Waals surface area contributed by atoms with Crippen molar-refractivity contribution in [3.63, 3.8) is 0 Å². The average molecular weight is 155 g/mol. The number of hydrogen-bond acceptors (Lipinski definition) is 1. The molecule has 0 saturated heterocycles. The molecule has 0 fully saturated rings. The molecule has 0 amide bonds. The zero-order valence-electron chi connectivity index (χ0n) is 8.22. The minimum atomic E-state index is 0.317. The fourth-order valence-electron chi connectivity index (χ4n) is 0.796. The smallest absolute Gasteiger partial charge is 0.00134 e. The summed E-state index contributed by atoms with van der Waals surface area (Å²) in [6.45, 7) is 8.66. The highest BCUT2D eigenvalue weighted by molar-refractivity contribution is 4.92. The van der Waals surface area contributed by atoms with Crippen LogP contribution in [0.5, 0.6) is 0 Å². The van der Waals surface area contributed by atoms with E-state index in [2.05, 4.69) is 32.9 Å². The van der Waals surface area contributed by atoms with Crippen LogP contribution in [0.3, 0.4) is 0 Å². The van der Waals surface area contributed by atoms with Crippen molar-refractivity contribution in [2.75, 3.05) is 0 Å². The standard InChI is InChI=1S/C10H21N/c1-9(11)7-5-6-8-10(2,3)4/h6,8-9H,5,7,11H2,1-4H3/b8-6+. The van der Waals surface area contributed by atoms with E-state index in [1.165, 1.54) is 0 Å². The Hall–Kier alpha value is -0.300. The topological polar surface area (TPSA) is 26.0 Å². The van der Waals surface area contributed by atoms with E-state index in [9.17, 15) is 0 Å². The molecule has 0 heterocycles. The van der Waals surface area contributed by atoms with Crippen LogP contribution in [0.2, 0.25) is 0 Å². The fourth-order valence-corrected chi connectivity index (χ4v) is 0.796. The van der Waals surface area contributed by atoms with Gasteiger partial charge in [0.1, 0.15) is 0 Å². The molecule has 0 aromatic rings. The summed E-state index contributed by atoms with van der Waals surface area (Å²) in [4.78, 5) is 0. The molecule has 1 nitrogen and oxygen atoms in total. The van der Waals surface area contributed by atoms with Crippen molar-refractivity contribution in [3.8, 4) is 0 Å². The lowest BCUT2D eigenvalue weighted by atomic mass is 9.95. The summed E-state index contributed by atoms with van der Waals surface area (Å²) in [5, 5.41) is 0. The van der Waals surface area contributed by atoms with Crippen molar-refractivity contribution in [1.29, 1.82) is 0 Å². The van der Waals surface area contributed by atoms with Gasteiger partial charge in [0.15, 0.2) is 0 Å². The Bertz CT molecular complexity index is 117. The summed E-state index contributed by atoms with van der Waals surface area (Å²) in [6, 6.07) is 0.333. The zero-order chi connectivity index (χ0) is 8.91. The Morgan fingerprint density at radius 3 is 2.27 bits per heavy atom. The monoisotopic (exact) mass is 155 g/mol. The van der Waals surface area contributed by atoms with Crippen molar-refractivity contribution in [2.45, 2.75) is 46.6 Å². The molecule has 0 rings (SSSR count). The first-order chi connectivity index (χ1) is 4.92. The van der Waals surface area contributed by atoms with Crippen molar-refractivity contribution in [3.05, 3.63) is 12.2 Å². The second-order valence-corrected chi connectivity index (χ2v) is 4.32. The minimum absolute atomic E-state index is 0.317. The summed E-state index contributed by atoms with van der Waals surface area (Å²) < 4.78 is 0. The molecule has 1 atom stereocenters. The van der Waals surface area contributed by atoms with Crippen molar-refractivity contribution >= 4 is 0 Å². The molecule has 0 radical (unpaired) electrons. The Morgan fingerprint density at radius 1 is 1.36 bits per heavy atom. The van der Waals surface area contributed by atoms with Crippen LogP contribution >= 0.6 is 0 Å². The van der Waals surface area contributed by atoms with Crippen LogP contribution in [0.4, 0.5) is 0 Å². The normalized spacial score (nSPS) is 15.7. The van der Waals surface area contributed by atoms with Crippen LogP contribution < -0.4 is 5.73 Å². The van der Waals surface area contributed by atoms with Gasteiger partial charge in [-0.25, -0.2) is 0 Å². The quantitative estimate of drug-likeness (QED) is 0.623. The number of hydrogen-bond donors (Lipinski definition) is 1. The fraction of sp³-hybridized carbons (Fsp3) is 0.800. The highest BCUT2D eigenvalue weighted by atomic mass is 14.6. The van der Waals surface area contributed by atoms with E-state index in [0.717, 1.165) is 12.8 Å². The van der Waals surface area contributed by atoms with Gasteiger partial charge in [-0.3, -0.25) is 0 Å². The average Bonchev–Trinajstić information content (AvgIpc) is 1.78. The maximum atomic E-state index is 5.61. The van der Waals surface area contributed by atoms with Gasteiger partial charge in [-0.15, -0.1) is 0 Å². The van der Waals surface area contributed by atoms with Crippen LogP contribution in [0.15, 0.2) is 12.2 Å². The van der Waals surface area contributed by atoms with Crippen molar-refractivity contribution in [2.24, 2.45) is 11.1 Å². The van der Waals surface area contributed by atoms with E-state index in [4.69, 9.17) is 5.73 Å². The Kier molecular flexibility index (Phi) is 4.43. The van der Waals surface area contributed by atoms with E-state index in [1.807, 2.05) is 6.92 Å². The first-order valence-corrected chi connectivity index (χ1v) is 4.35. The number of rotatable bonds is 3. The molecule has 0 aromatic carbocycles. The van der Waals surface area contributed by atoms with Crippen molar-refractivity contribution in [1.82, 2.24) is 0 Å². The van der Waals surface area contributed by atoms with Gasteiger partial charge in [-0.2, -0.15) is 0 Å². The van der Waals surface area contributed by atoms with Gasteiger partial charge in [0.2, 0.25) is 0 Å². The third-order valence-electron chi connectivity index (χ3n) is 1.41. The zero-order valence-corrected chi connectivity index (χ0v) is 8.22. The van der Waals surface area contributed by atoms with Gasteiger partial charge in [0.25, 0.3) is 0 Å². The Balaban J connectivity index is 3.46. The van der Waals surface area contributed by atoms with Crippen LogP contribution in [0, 0.1) is 5.41 Å². The van der Waals surface area contributed by atoms with Gasteiger partial charge >= 0.3 is 0 Å². The summed E-state index contributed by atoms with van der Waals surface area (Å²) in [5.74, 6) is 0. The summed E-state index contributed by atoms with van der Waals surface area (Å²) in [7, 11) is 0. The first kappa shape index (κ1) is 10.7. The molecular formula is C10H21N. The van der Waals surface area contributed by atoms with E-state index in [-0.39, 0.29) is 0 Å². The van der Waals surface area contributed by atoms with Gasteiger partial charge in [0, 0.05) is 6.04 Å². The largest absolute Gasteiger partial charge is 0.328 e. The number of nitrogens with two attached hydrogens (primary N) is 1. The van der Waals surface area contributed by atoms with E-state index >= 15 is 0 Å². The lowest BCUT2D eigenvalue weighted by Crippen LogP contribution is -2.13. The highest BCUT2D eigenvalue weighted by Crippen LogP contribution is 2.15. The molecule has 1 unspecified atom stereocenters. The van der Waals surface area contributed by atoms with Crippen LogP contribution in [0.1, 0.15) is 40.5 Å². The maximum Gasteiger partial charge on any atom is 0.00134 e. The first-order valence-electron chi connectivity index (χ1n) is 4.35. The summed E-state index contributed by atoms with van der Waals surface area (Å²) in [5.41, 5.74) is 5.93. The molecule has 0 aromatic heterocycles. The third kappa shape index (κ3) is 9.70. The molecule has 66 valence electrons. The van der Waals surface area contributed by atoms with E-state index in [0.29, 0.717) is 11.5 Å². The molecule has 0 saturated carbocycles. The molecule has 0 spiro atoms. The third-order valence-corrected chi connectivity index (χ3v) is 1.41. The second-order valence-electron chi connectivity index (χ2n) is 4.32. The van der Waals surface area contributed by atoms with Crippen LogP contribution in [-0.2, 0) is 0 Å². The SMILES string of the molecule is CC(N)CC/C=C/C(C)(C)C. The van der Waals surface area contributed by atoms with Gasteiger partial charge < -0.3 is 5.73 Å². The highest BCUT2D eigenvalue weighted by Gasteiger charge is 2.02. The Labute approximate surface area is 70.7 Å². The lowest BCUT2D eigenvalue weighted by molar-refractivity contribution is 0.540. The van der Waals surface area contributed by atoms with E-state index < -0.39 is 0 Å². The second kappa shape index (κ2) is 4.55. The Morgan fingerprint density at radius 2 is 1.91 bits per heavy atom. The maximum absolute atomic E-state index is 5.61. The van der Waals surface area contributed by atoms with Crippen LogP contribution in [0.25, 0.3) is 0 Å². The summed E-state index contributed by atoms with van der Waals surface area (Å²) in [6.07, 6.45) is 6.67. The van der Waals surface area contributed by atoms with E-state index in [1.54, 1.807) is 0 Å². The summed E-state index contributed by atoms with van der Waals surface area (Å²) >= 11 is 0. The molecule has 11 heavy (non-hydrogen) atoms.